The van der Waals surface area contributed by atoms with Gasteiger partial charge in [-0.3, -0.25) is 4.79 Å². The third-order valence-electron chi connectivity index (χ3n) is 3.88. The molecule has 6 nitrogen and oxygen atoms in total. The Kier molecular flexibility index (Phi) is 6.31. The van der Waals surface area contributed by atoms with Gasteiger partial charge in [0, 0.05) is 17.8 Å². The molecular weight excluding hydrogens is 382 g/mol. The van der Waals surface area contributed by atoms with E-state index in [4.69, 9.17) is 30.5 Å². The molecule has 1 heterocycles. The Morgan fingerprint density at radius 3 is 2.79 bits per heavy atom. The first kappa shape index (κ1) is 19.9. The SMILES string of the molecule is COc1cc(/C=C/C(=O)Nc2ccc3c(c2)OCO3)cc(Cl)c1OCC(C)C. The largest absolute Gasteiger partial charge is 0.493 e. The number of hydrogen-bond acceptors (Lipinski definition) is 5. The summed E-state index contributed by atoms with van der Waals surface area (Å²) < 4.78 is 21.7. The van der Waals surface area contributed by atoms with E-state index < -0.39 is 0 Å². The summed E-state index contributed by atoms with van der Waals surface area (Å²) in [6, 6.07) is 8.72. The number of methoxy groups -OCH3 is 1. The highest BCUT2D eigenvalue weighted by Crippen LogP contribution is 2.37. The topological polar surface area (TPSA) is 66.0 Å². The molecule has 1 amide bonds. The van der Waals surface area contributed by atoms with Crippen LogP contribution in [-0.4, -0.2) is 26.4 Å². The van der Waals surface area contributed by atoms with Crippen LogP contribution in [0.15, 0.2) is 36.4 Å². The Balaban J connectivity index is 1.69. The Hall–Kier alpha value is -2.86. The van der Waals surface area contributed by atoms with Crippen molar-refractivity contribution in [1.29, 1.82) is 0 Å². The molecule has 0 aliphatic carbocycles. The molecule has 2 aromatic carbocycles. The average Bonchev–Trinajstić information content (AvgIpc) is 3.12. The second-order valence-electron chi connectivity index (χ2n) is 6.63. The van der Waals surface area contributed by atoms with E-state index in [9.17, 15) is 4.79 Å². The van der Waals surface area contributed by atoms with Gasteiger partial charge in [-0.05, 0) is 41.8 Å². The van der Waals surface area contributed by atoms with Gasteiger partial charge in [-0.2, -0.15) is 0 Å². The highest BCUT2D eigenvalue weighted by molar-refractivity contribution is 6.32. The summed E-state index contributed by atoms with van der Waals surface area (Å²) in [6.07, 6.45) is 3.08. The van der Waals surface area contributed by atoms with Crippen LogP contribution in [0.25, 0.3) is 6.08 Å². The van der Waals surface area contributed by atoms with Crippen molar-refractivity contribution in [3.63, 3.8) is 0 Å². The zero-order valence-electron chi connectivity index (χ0n) is 16.0. The molecule has 3 rings (SSSR count). The van der Waals surface area contributed by atoms with Gasteiger partial charge in [-0.15, -0.1) is 0 Å². The maximum atomic E-state index is 12.2. The lowest BCUT2D eigenvalue weighted by atomic mass is 10.1. The lowest BCUT2D eigenvalue weighted by Gasteiger charge is -2.14. The molecule has 2 aromatic rings. The molecule has 0 atom stereocenters. The second-order valence-corrected chi connectivity index (χ2v) is 7.04. The standard InChI is InChI=1S/C21H22ClNO5/c1-13(2)11-26-21-16(22)8-14(9-19(21)25-3)4-7-20(24)23-15-5-6-17-18(10-15)28-12-27-17/h4-10,13H,11-12H2,1-3H3,(H,23,24)/b7-4+. The number of carbonyl (C=O) groups is 1. The number of ether oxygens (including phenoxy) is 4. The normalized spacial score (nSPS) is 12.5. The van der Waals surface area contributed by atoms with Gasteiger partial charge in [0.2, 0.25) is 12.7 Å². The Labute approximate surface area is 169 Å². The van der Waals surface area contributed by atoms with Crippen LogP contribution in [0.2, 0.25) is 5.02 Å². The number of fused-ring (bicyclic) bond motifs is 1. The van der Waals surface area contributed by atoms with Gasteiger partial charge in [-0.25, -0.2) is 0 Å². The minimum Gasteiger partial charge on any atom is -0.493 e. The molecule has 0 radical (unpaired) electrons. The summed E-state index contributed by atoms with van der Waals surface area (Å²) in [4.78, 5) is 12.2. The van der Waals surface area contributed by atoms with Crippen LogP contribution in [0.5, 0.6) is 23.0 Å². The Morgan fingerprint density at radius 2 is 2.04 bits per heavy atom. The van der Waals surface area contributed by atoms with Gasteiger partial charge >= 0.3 is 0 Å². The van der Waals surface area contributed by atoms with Crippen molar-refractivity contribution in [2.75, 3.05) is 25.8 Å². The minimum atomic E-state index is -0.283. The average molecular weight is 404 g/mol. The number of amides is 1. The number of halogens is 1. The van der Waals surface area contributed by atoms with Gasteiger partial charge in [0.1, 0.15) is 0 Å². The van der Waals surface area contributed by atoms with Crippen molar-refractivity contribution in [3.05, 3.63) is 47.0 Å². The molecule has 0 unspecified atom stereocenters. The van der Waals surface area contributed by atoms with E-state index in [1.807, 2.05) is 0 Å². The fraction of sp³-hybridized carbons (Fsp3) is 0.286. The maximum Gasteiger partial charge on any atom is 0.248 e. The van der Waals surface area contributed by atoms with Crippen LogP contribution in [0, 0.1) is 5.92 Å². The monoisotopic (exact) mass is 403 g/mol. The predicted octanol–water partition coefficient (Wildman–Crippen LogP) is 4.76. The highest BCUT2D eigenvalue weighted by Gasteiger charge is 2.14. The lowest BCUT2D eigenvalue weighted by Crippen LogP contribution is -2.07. The molecule has 0 bridgehead atoms. The molecule has 0 saturated carbocycles. The predicted molar refractivity (Wildman–Crippen MR) is 109 cm³/mol. The summed E-state index contributed by atoms with van der Waals surface area (Å²) in [7, 11) is 1.55. The van der Waals surface area contributed by atoms with Crippen molar-refractivity contribution in [3.8, 4) is 23.0 Å². The first-order chi connectivity index (χ1) is 13.5. The molecule has 148 valence electrons. The van der Waals surface area contributed by atoms with E-state index in [2.05, 4.69) is 19.2 Å². The summed E-state index contributed by atoms with van der Waals surface area (Å²) in [6.45, 7) is 4.82. The molecule has 0 fully saturated rings. The minimum absolute atomic E-state index is 0.187. The third kappa shape index (κ3) is 4.89. The van der Waals surface area contributed by atoms with Crippen molar-refractivity contribution in [1.82, 2.24) is 0 Å². The van der Waals surface area contributed by atoms with E-state index in [0.29, 0.717) is 46.2 Å². The Bertz CT molecular complexity index is 895. The zero-order chi connectivity index (χ0) is 20.1. The molecule has 0 aromatic heterocycles. The zero-order valence-corrected chi connectivity index (χ0v) is 16.7. The van der Waals surface area contributed by atoms with Crippen LogP contribution < -0.4 is 24.3 Å². The summed E-state index contributed by atoms with van der Waals surface area (Å²) in [5, 5.41) is 3.21. The van der Waals surface area contributed by atoms with Crippen LogP contribution in [0.4, 0.5) is 5.69 Å². The molecule has 0 spiro atoms. The van der Waals surface area contributed by atoms with Gasteiger partial charge in [0.05, 0.1) is 18.7 Å². The number of carbonyl (C=O) groups excluding carboxylic acids is 1. The van der Waals surface area contributed by atoms with E-state index >= 15 is 0 Å². The maximum absolute atomic E-state index is 12.2. The second kappa shape index (κ2) is 8.89. The van der Waals surface area contributed by atoms with Crippen molar-refractivity contribution < 1.29 is 23.7 Å². The summed E-state index contributed by atoms with van der Waals surface area (Å²) in [5.41, 5.74) is 1.34. The van der Waals surface area contributed by atoms with Crippen molar-refractivity contribution in [2.45, 2.75) is 13.8 Å². The first-order valence-corrected chi connectivity index (χ1v) is 9.23. The quantitative estimate of drug-likeness (QED) is 0.675. The smallest absolute Gasteiger partial charge is 0.248 e. The van der Waals surface area contributed by atoms with Crippen molar-refractivity contribution >= 4 is 29.3 Å². The molecule has 28 heavy (non-hydrogen) atoms. The number of rotatable bonds is 7. The van der Waals surface area contributed by atoms with Crippen molar-refractivity contribution in [2.24, 2.45) is 5.92 Å². The molecule has 7 heteroatoms. The fourth-order valence-electron chi connectivity index (χ4n) is 2.56. The van der Waals surface area contributed by atoms with Crippen LogP contribution in [0.1, 0.15) is 19.4 Å². The van der Waals surface area contributed by atoms with E-state index in [0.717, 1.165) is 5.56 Å². The van der Waals surface area contributed by atoms with Gasteiger partial charge < -0.3 is 24.3 Å². The molecule has 0 saturated heterocycles. The molecule has 1 aliphatic rings. The van der Waals surface area contributed by atoms with Gasteiger partial charge in [0.15, 0.2) is 23.0 Å². The summed E-state index contributed by atoms with van der Waals surface area (Å²) >= 11 is 6.33. The molecular formula is C21H22ClNO5. The van der Waals surface area contributed by atoms with E-state index in [-0.39, 0.29) is 12.7 Å². The van der Waals surface area contributed by atoms with E-state index in [1.165, 1.54) is 6.08 Å². The van der Waals surface area contributed by atoms with Crippen LogP contribution in [0.3, 0.4) is 0 Å². The van der Waals surface area contributed by atoms with Gasteiger partial charge in [0.25, 0.3) is 0 Å². The fourth-order valence-corrected chi connectivity index (χ4v) is 2.83. The number of anilines is 1. The van der Waals surface area contributed by atoms with E-state index in [1.54, 1.807) is 43.5 Å². The lowest BCUT2D eigenvalue weighted by molar-refractivity contribution is -0.111. The van der Waals surface area contributed by atoms with Crippen LogP contribution >= 0.6 is 11.6 Å². The summed E-state index contributed by atoms with van der Waals surface area (Å²) in [5.74, 6) is 2.36. The molecule has 1 aliphatic heterocycles. The first-order valence-electron chi connectivity index (χ1n) is 8.85. The highest BCUT2D eigenvalue weighted by atomic mass is 35.5. The molecule has 1 N–H and O–H groups in total. The number of benzene rings is 2. The van der Waals surface area contributed by atoms with Gasteiger partial charge in [-0.1, -0.05) is 25.4 Å². The Morgan fingerprint density at radius 1 is 1.25 bits per heavy atom. The number of nitrogens with one attached hydrogen (secondary N) is 1. The van der Waals surface area contributed by atoms with Crippen LogP contribution in [-0.2, 0) is 4.79 Å². The third-order valence-corrected chi connectivity index (χ3v) is 4.16. The number of hydrogen-bond donors (Lipinski definition) is 1.